The Morgan fingerprint density at radius 2 is 1.93 bits per heavy atom. The average molecular weight is 391 g/mol. The minimum atomic E-state index is -0.228. The van der Waals surface area contributed by atoms with Crippen molar-refractivity contribution in [3.8, 4) is 0 Å². The van der Waals surface area contributed by atoms with E-state index in [9.17, 15) is 9.59 Å². The molecule has 0 atom stereocenters. The third-order valence-electron chi connectivity index (χ3n) is 4.04. The highest BCUT2D eigenvalue weighted by Crippen LogP contribution is 2.29. The number of aryl methyl sites for hydroxylation is 1. The summed E-state index contributed by atoms with van der Waals surface area (Å²) in [5.41, 5.74) is 3.31. The third-order valence-corrected chi connectivity index (χ3v) is 4.88. The second kappa shape index (κ2) is 9.10. The Morgan fingerprint density at radius 1 is 1.14 bits per heavy atom. The van der Waals surface area contributed by atoms with Crippen molar-refractivity contribution in [2.75, 3.05) is 10.2 Å². The lowest BCUT2D eigenvalue weighted by molar-refractivity contribution is -0.116. The lowest BCUT2D eigenvalue weighted by atomic mass is 10.1. The van der Waals surface area contributed by atoms with Crippen molar-refractivity contribution < 1.29 is 9.59 Å². The van der Waals surface area contributed by atoms with E-state index in [0.717, 1.165) is 23.4 Å². The van der Waals surface area contributed by atoms with Gasteiger partial charge in [-0.3, -0.25) is 14.5 Å². The molecule has 6 heteroatoms. The lowest BCUT2D eigenvalue weighted by Crippen LogP contribution is -2.22. The second-order valence-corrected chi connectivity index (χ2v) is 6.96. The highest BCUT2D eigenvalue weighted by atomic mass is 32.1. The average Bonchev–Trinajstić information content (AvgIpc) is 3.15. The van der Waals surface area contributed by atoms with Gasteiger partial charge < -0.3 is 5.32 Å². The van der Waals surface area contributed by atoms with E-state index in [4.69, 9.17) is 0 Å². The van der Waals surface area contributed by atoms with E-state index in [1.54, 1.807) is 11.0 Å². The van der Waals surface area contributed by atoms with E-state index in [1.807, 2.05) is 60.0 Å². The number of anilines is 3. The molecule has 3 rings (SSSR count). The molecule has 0 saturated carbocycles. The summed E-state index contributed by atoms with van der Waals surface area (Å²) in [5.74, 6) is -0.348. The number of aromatic nitrogens is 1. The second-order valence-electron chi connectivity index (χ2n) is 6.12. The molecule has 5 nitrogen and oxygen atoms in total. The molecule has 0 radical (unpaired) electrons. The summed E-state index contributed by atoms with van der Waals surface area (Å²) < 4.78 is 0. The van der Waals surface area contributed by atoms with E-state index >= 15 is 0 Å². The first kappa shape index (κ1) is 19.5. The van der Waals surface area contributed by atoms with Crippen molar-refractivity contribution in [1.82, 2.24) is 4.98 Å². The molecule has 0 aliphatic carbocycles. The predicted molar refractivity (Wildman–Crippen MR) is 115 cm³/mol. The largest absolute Gasteiger partial charge is 0.323 e. The summed E-state index contributed by atoms with van der Waals surface area (Å²) in [6.07, 6.45) is 4.00. The van der Waals surface area contributed by atoms with Gasteiger partial charge in [-0.2, -0.15) is 0 Å². The first-order chi connectivity index (χ1) is 13.6. The molecule has 0 bridgehead atoms. The van der Waals surface area contributed by atoms with Crippen LogP contribution in [0.1, 0.15) is 25.1 Å². The summed E-state index contributed by atoms with van der Waals surface area (Å²) >= 11 is 1.35. The van der Waals surface area contributed by atoms with Crippen LogP contribution in [-0.4, -0.2) is 16.8 Å². The highest BCUT2D eigenvalue weighted by molar-refractivity contribution is 7.14. The van der Waals surface area contributed by atoms with Gasteiger partial charge in [-0.15, -0.1) is 11.3 Å². The number of hydrogen-bond donors (Lipinski definition) is 1. The molecule has 142 valence electrons. The minimum Gasteiger partial charge on any atom is -0.323 e. The molecule has 3 aromatic rings. The number of hydrogen-bond acceptors (Lipinski definition) is 4. The third kappa shape index (κ3) is 4.92. The van der Waals surface area contributed by atoms with E-state index in [1.165, 1.54) is 24.3 Å². The monoisotopic (exact) mass is 391 g/mol. The molecule has 0 spiro atoms. The van der Waals surface area contributed by atoms with Crippen LogP contribution in [0, 0.1) is 0 Å². The molecule has 1 aromatic heterocycles. The van der Waals surface area contributed by atoms with Crippen molar-refractivity contribution in [3.63, 3.8) is 0 Å². The number of thiazole rings is 1. The maximum absolute atomic E-state index is 12.2. The van der Waals surface area contributed by atoms with Gasteiger partial charge in [0.2, 0.25) is 11.8 Å². The molecule has 28 heavy (non-hydrogen) atoms. The summed E-state index contributed by atoms with van der Waals surface area (Å²) in [4.78, 5) is 30.3. The van der Waals surface area contributed by atoms with E-state index in [0.29, 0.717) is 10.8 Å². The first-order valence-electron chi connectivity index (χ1n) is 8.96. The molecule has 1 heterocycles. The Bertz CT molecular complexity index is 996. The van der Waals surface area contributed by atoms with Crippen LogP contribution in [0.3, 0.4) is 0 Å². The van der Waals surface area contributed by atoms with Gasteiger partial charge in [0.05, 0.1) is 11.4 Å². The van der Waals surface area contributed by atoms with Gasteiger partial charge in [-0.05, 0) is 42.3 Å². The van der Waals surface area contributed by atoms with Crippen LogP contribution in [-0.2, 0) is 16.0 Å². The number of carbonyl (C=O) groups excluding carboxylic acids is 2. The molecule has 2 amide bonds. The fourth-order valence-corrected chi connectivity index (χ4v) is 3.53. The number of benzene rings is 2. The number of rotatable bonds is 6. The van der Waals surface area contributed by atoms with Gasteiger partial charge in [0.25, 0.3) is 0 Å². The fraction of sp³-hybridized carbons (Fsp3) is 0.136. The van der Waals surface area contributed by atoms with E-state index < -0.39 is 0 Å². The first-order valence-corrected chi connectivity index (χ1v) is 9.84. The summed E-state index contributed by atoms with van der Waals surface area (Å²) in [5, 5.41) is 5.23. The normalized spacial score (nSPS) is 10.8. The maximum atomic E-state index is 12.2. The van der Waals surface area contributed by atoms with Gasteiger partial charge in [-0.25, -0.2) is 4.98 Å². The van der Waals surface area contributed by atoms with Crippen LogP contribution < -0.4 is 10.2 Å². The predicted octanol–water partition coefficient (Wildman–Crippen LogP) is 5.04. The van der Waals surface area contributed by atoms with Crippen LogP contribution in [0.2, 0.25) is 0 Å². The molecule has 0 aliphatic heterocycles. The number of nitrogens with zero attached hydrogens (tertiary/aromatic N) is 2. The van der Waals surface area contributed by atoms with Gasteiger partial charge >= 0.3 is 0 Å². The van der Waals surface area contributed by atoms with Crippen LogP contribution >= 0.6 is 11.3 Å². The number of amides is 2. The quantitative estimate of drug-likeness (QED) is 0.599. The van der Waals surface area contributed by atoms with Crippen LogP contribution in [0.4, 0.5) is 16.5 Å². The highest BCUT2D eigenvalue weighted by Gasteiger charge is 2.17. The topological polar surface area (TPSA) is 62.3 Å². The van der Waals surface area contributed by atoms with Crippen molar-refractivity contribution in [2.24, 2.45) is 0 Å². The zero-order chi connectivity index (χ0) is 19.9. The van der Waals surface area contributed by atoms with Gasteiger partial charge in [-0.1, -0.05) is 37.3 Å². The van der Waals surface area contributed by atoms with E-state index in [-0.39, 0.29) is 11.8 Å². The number of para-hydroxylation sites is 1. The number of nitrogens with one attached hydrogen (secondary N) is 1. The zero-order valence-corrected chi connectivity index (χ0v) is 16.6. The Morgan fingerprint density at radius 3 is 2.64 bits per heavy atom. The SMILES string of the molecule is CCc1cccc(NC(=O)C=Cc2csc(N(C(C)=O)c3ccccc3)n2)c1. The lowest BCUT2D eigenvalue weighted by Gasteiger charge is -2.17. The molecule has 0 unspecified atom stereocenters. The van der Waals surface area contributed by atoms with Gasteiger partial charge in [0.15, 0.2) is 5.13 Å². The summed E-state index contributed by atoms with van der Waals surface area (Å²) in [6, 6.07) is 17.1. The molecule has 0 aliphatic rings. The molecular formula is C22H21N3O2S. The zero-order valence-electron chi connectivity index (χ0n) is 15.8. The summed E-state index contributed by atoms with van der Waals surface area (Å²) in [6.45, 7) is 3.57. The van der Waals surface area contributed by atoms with Crippen LogP contribution in [0.25, 0.3) is 6.08 Å². The number of carbonyl (C=O) groups is 2. The van der Waals surface area contributed by atoms with Crippen molar-refractivity contribution in [3.05, 3.63) is 77.3 Å². The minimum absolute atomic E-state index is 0.121. The molecule has 0 fully saturated rings. The van der Waals surface area contributed by atoms with Crippen LogP contribution in [0.5, 0.6) is 0 Å². The fourth-order valence-electron chi connectivity index (χ4n) is 2.67. The Balaban J connectivity index is 1.71. The Kier molecular flexibility index (Phi) is 6.34. The van der Waals surface area contributed by atoms with E-state index in [2.05, 4.69) is 17.2 Å². The van der Waals surface area contributed by atoms with Crippen molar-refractivity contribution in [2.45, 2.75) is 20.3 Å². The maximum Gasteiger partial charge on any atom is 0.248 e. The molecule has 2 aromatic carbocycles. The smallest absolute Gasteiger partial charge is 0.248 e. The Hall–Kier alpha value is -3.25. The Labute approximate surface area is 168 Å². The molecular weight excluding hydrogens is 370 g/mol. The molecule has 0 saturated heterocycles. The van der Waals surface area contributed by atoms with Gasteiger partial charge in [0.1, 0.15) is 0 Å². The van der Waals surface area contributed by atoms with Crippen molar-refractivity contribution in [1.29, 1.82) is 0 Å². The van der Waals surface area contributed by atoms with Gasteiger partial charge in [0, 0.05) is 24.1 Å². The van der Waals surface area contributed by atoms with Crippen LogP contribution in [0.15, 0.2) is 66.1 Å². The standard InChI is InChI=1S/C22H21N3O2S/c1-3-17-8-7-9-18(14-17)23-21(27)13-12-19-15-28-22(24-19)25(16(2)26)20-10-5-4-6-11-20/h4-15H,3H2,1-2H3,(H,23,27). The molecule has 1 N–H and O–H groups in total. The summed E-state index contributed by atoms with van der Waals surface area (Å²) in [7, 11) is 0. The van der Waals surface area contributed by atoms with Crippen molar-refractivity contribution >= 4 is 45.7 Å².